The number of aromatic nitrogens is 4. The molecule has 0 spiro atoms. The van der Waals surface area contributed by atoms with Gasteiger partial charge in [0.25, 0.3) is 10.0 Å². The number of sulfonamides is 1. The number of methoxy groups -OCH3 is 2. The summed E-state index contributed by atoms with van der Waals surface area (Å²) in [6.07, 6.45) is 0.492. The molecule has 1 unspecified atom stereocenters. The lowest BCUT2D eigenvalue weighted by Gasteiger charge is -2.17. The smallest absolute Gasteiger partial charge is 0.321 e. The minimum absolute atomic E-state index is 0.0181. The number of rotatable bonds is 9. The first-order chi connectivity index (χ1) is 16.1. The number of amides is 1. The zero-order chi connectivity index (χ0) is 25.0. The Labute approximate surface area is 202 Å². The molecule has 2 N–H and O–H groups in total. The van der Waals surface area contributed by atoms with Gasteiger partial charge in [0, 0.05) is 11.8 Å². The first kappa shape index (κ1) is 25.2. The number of aryl methyl sites for hydroxylation is 1. The molecule has 3 aromatic rings. The number of anilines is 2. The summed E-state index contributed by atoms with van der Waals surface area (Å²) in [6.45, 7) is 5.44. The van der Waals surface area contributed by atoms with Crippen LogP contribution in [0.25, 0.3) is 0 Å². The first-order valence-electron chi connectivity index (χ1n) is 10.2. The average Bonchev–Trinajstić information content (AvgIpc) is 3.06. The largest absolute Gasteiger partial charge is 0.481 e. The van der Waals surface area contributed by atoms with Gasteiger partial charge in [-0.25, -0.2) is 8.42 Å². The molecule has 2 heterocycles. The number of ether oxygens (including phenoxy) is 2. The van der Waals surface area contributed by atoms with Crippen LogP contribution in [0.15, 0.2) is 35.2 Å². The Hall–Kier alpha value is -3.38. The predicted molar refractivity (Wildman–Crippen MR) is 127 cm³/mol. The molecule has 0 aliphatic rings. The van der Waals surface area contributed by atoms with Crippen LogP contribution in [0.4, 0.5) is 11.5 Å². The molecule has 0 saturated heterocycles. The minimum Gasteiger partial charge on any atom is -0.481 e. The maximum absolute atomic E-state index is 12.9. The van der Waals surface area contributed by atoms with E-state index in [1.54, 1.807) is 18.5 Å². The summed E-state index contributed by atoms with van der Waals surface area (Å²) in [5.41, 5.74) is 1.78. The first-order valence-corrected chi connectivity index (χ1v) is 12.1. The zero-order valence-electron chi connectivity index (χ0n) is 19.3. The van der Waals surface area contributed by atoms with Crippen LogP contribution >= 0.6 is 11.6 Å². The normalized spacial score (nSPS) is 12.2. The van der Waals surface area contributed by atoms with Crippen molar-refractivity contribution in [2.45, 2.75) is 38.1 Å². The molecule has 3 rings (SSSR count). The van der Waals surface area contributed by atoms with E-state index < -0.39 is 16.1 Å². The summed E-state index contributed by atoms with van der Waals surface area (Å²) in [4.78, 5) is 20.7. The Morgan fingerprint density at radius 2 is 1.82 bits per heavy atom. The third kappa shape index (κ3) is 5.39. The fraction of sp³-hybridized carbons (Fsp3) is 0.333. The lowest BCUT2D eigenvalue weighted by Crippen LogP contribution is -2.27. The van der Waals surface area contributed by atoms with Crippen molar-refractivity contribution in [2.75, 3.05) is 24.3 Å². The molecule has 182 valence electrons. The molecule has 0 aliphatic heterocycles. The quantitative estimate of drug-likeness (QED) is 0.449. The molecule has 0 saturated carbocycles. The van der Waals surface area contributed by atoms with Gasteiger partial charge in [0.05, 0.1) is 35.5 Å². The molecule has 11 nitrogen and oxygen atoms in total. The van der Waals surface area contributed by atoms with Gasteiger partial charge in [0.1, 0.15) is 6.04 Å². The number of benzene rings is 1. The molecule has 13 heteroatoms. The van der Waals surface area contributed by atoms with Gasteiger partial charge in [0.15, 0.2) is 5.82 Å². The fourth-order valence-corrected chi connectivity index (χ4v) is 4.32. The molecular formula is C21H25ClN6O5S. The van der Waals surface area contributed by atoms with Crippen LogP contribution in [0.3, 0.4) is 0 Å². The molecular weight excluding hydrogens is 484 g/mol. The maximum Gasteiger partial charge on any atom is 0.321 e. The van der Waals surface area contributed by atoms with E-state index in [-0.39, 0.29) is 28.5 Å². The number of hydrogen-bond acceptors (Lipinski definition) is 8. The number of hydrogen-bond donors (Lipinski definition) is 2. The van der Waals surface area contributed by atoms with Gasteiger partial charge < -0.3 is 14.8 Å². The second-order valence-corrected chi connectivity index (χ2v) is 9.32. The average molecular weight is 509 g/mol. The van der Waals surface area contributed by atoms with E-state index in [0.717, 1.165) is 0 Å². The molecule has 0 bridgehead atoms. The Morgan fingerprint density at radius 3 is 2.35 bits per heavy atom. The summed E-state index contributed by atoms with van der Waals surface area (Å²) < 4.78 is 39.5. The number of carbonyl (C=O) groups excluding carboxylic acids is 1. The van der Waals surface area contributed by atoms with Crippen molar-refractivity contribution in [2.24, 2.45) is 0 Å². The zero-order valence-corrected chi connectivity index (χ0v) is 20.9. The van der Waals surface area contributed by atoms with Gasteiger partial charge in [-0.2, -0.15) is 15.1 Å². The van der Waals surface area contributed by atoms with Gasteiger partial charge in [0.2, 0.25) is 11.8 Å². The maximum atomic E-state index is 12.9. The molecule has 1 atom stereocenters. The van der Waals surface area contributed by atoms with Crippen molar-refractivity contribution in [1.82, 2.24) is 19.7 Å². The fourth-order valence-electron chi connectivity index (χ4n) is 3.21. The van der Waals surface area contributed by atoms with Gasteiger partial charge in [-0.05, 0) is 44.5 Å². The highest BCUT2D eigenvalue weighted by Gasteiger charge is 2.24. The van der Waals surface area contributed by atoms with Gasteiger partial charge >= 0.3 is 6.01 Å². The summed E-state index contributed by atoms with van der Waals surface area (Å²) in [5, 5.41) is 7.68. The summed E-state index contributed by atoms with van der Waals surface area (Å²) >= 11 is 6.22. The van der Waals surface area contributed by atoms with Crippen molar-refractivity contribution in [3.63, 3.8) is 0 Å². The summed E-state index contributed by atoms with van der Waals surface area (Å²) in [5.74, 6) is -0.175. The van der Waals surface area contributed by atoms with Crippen molar-refractivity contribution >= 4 is 39.0 Å². The molecule has 0 fully saturated rings. The van der Waals surface area contributed by atoms with Crippen molar-refractivity contribution in [3.8, 4) is 11.9 Å². The summed E-state index contributed by atoms with van der Waals surface area (Å²) in [7, 11) is -1.23. The highest BCUT2D eigenvalue weighted by molar-refractivity contribution is 7.92. The third-order valence-electron chi connectivity index (χ3n) is 4.97. The molecule has 34 heavy (non-hydrogen) atoms. The second kappa shape index (κ2) is 10.3. The Balaban J connectivity index is 1.76. The molecule has 0 radical (unpaired) electrons. The van der Waals surface area contributed by atoms with Crippen LogP contribution in [0.5, 0.6) is 11.9 Å². The van der Waals surface area contributed by atoms with E-state index in [1.807, 2.05) is 6.92 Å². The van der Waals surface area contributed by atoms with E-state index in [4.69, 9.17) is 21.1 Å². The van der Waals surface area contributed by atoms with Crippen LogP contribution < -0.4 is 19.5 Å². The minimum atomic E-state index is -3.97. The van der Waals surface area contributed by atoms with Crippen LogP contribution in [0.1, 0.15) is 30.8 Å². The lowest BCUT2D eigenvalue weighted by atomic mass is 10.2. The second-order valence-electron chi connectivity index (χ2n) is 7.25. The summed E-state index contributed by atoms with van der Waals surface area (Å²) in [6, 6.07) is 6.43. The van der Waals surface area contributed by atoms with Gasteiger partial charge in [-0.3, -0.25) is 14.2 Å². The number of nitrogens with one attached hydrogen (secondary N) is 2. The van der Waals surface area contributed by atoms with E-state index in [0.29, 0.717) is 28.5 Å². The Kier molecular flexibility index (Phi) is 7.62. The van der Waals surface area contributed by atoms with Crippen molar-refractivity contribution < 1.29 is 22.7 Å². The lowest BCUT2D eigenvalue weighted by molar-refractivity contribution is -0.119. The van der Waals surface area contributed by atoms with Gasteiger partial charge in [-0.15, -0.1) is 0 Å². The topological polar surface area (TPSA) is 137 Å². The number of carbonyl (C=O) groups is 1. The molecule has 2 aromatic heterocycles. The van der Waals surface area contributed by atoms with E-state index >= 15 is 0 Å². The van der Waals surface area contributed by atoms with Crippen LogP contribution in [0.2, 0.25) is 5.02 Å². The highest BCUT2D eigenvalue weighted by Crippen LogP contribution is 2.25. The predicted octanol–water partition coefficient (Wildman–Crippen LogP) is 3.35. The van der Waals surface area contributed by atoms with Crippen molar-refractivity contribution in [1.29, 1.82) is 0 Å². The highest BCUT2D eigenvalue weighted by atomic mass is 35.5. The third-order valence-corrected chi connectivity index (χ3v) is 6.88. The Morgan fingerprint density at radius 1 is 1.15 bits per heavy atom. The molecule has 1 amide bonds. The van der Waals surface area contributed by atoms with E-state index in [1.165, 1.54) is 44.6 Å². The standard InChI is InChI=1S/C21H25ClN6O5S/c1-6-16(28-13(3)19(22)12(2)26-28)20(29)23-14-7-9-15(10-8-14)34(30,31)27-17-11-18(32-4)25-21(24-17)33-5/h7-11,16H,6H2,1-5H3,(H,23,29)(H,24,25,27). The van der Waals surface area contributed by atoms with E-state index in [2.05, 4.69) is 25.1 Å². The van der Waals surface area contributed by atoms with Crippen LogP contribution in [-0.4, -0.2) is 48.3 Å². The Bertz CT molecular complexity index is 1270. The van der Waals surface area contributed by atoms with E-state index in [9.17, 15) is 13.2 Å². The van der Waals surface area contributed by atoms with Gasteiger partial charge in [-0.1, -0.05) is 18.5 Å². The number of halogens is 1. The SMILES string of the molecule is CCC(C(=O)Nc1ccc(S(=O)(=O)Nc2cc(OC)nc(OC)n2)cc1)n1nc(C)c(Cl)c1C. The van der Waals surface area contributed by atoms with Crippen LogP contribution in [-0.2, 0) is 14.8 Å². The van der Waals surface area contributed by atoms with Crippen LogP contribution in [0, 0.1) is 13.8 Å². The monoisotopic (exact) mass is 508 g/mol. The molecule has 1 aromatic carbocycles. The molecule has 0 aliphatic carbocycles. The number of nitrogens with zero attached hydrogens (tertiary/aromatic N) is 4. The van der Waals surface area contributed by atoms with Crippen molar-refractivity contribution in [3.05, 3.63) is 46.7 Å².